The van der Waals surface area contributed by atoms with E-state index in [1.807, 2.05) is 32.0 Å². The van der Waals surface area contributed by atoms with Crippen LogP contribution in [0.3, 0.4) is 0 Å². The Morgan fingerprint density at radius 2 is 1.69 bits per heavy atom. The molecule has 0 spiro atoms. The van der Waals surface area contributed by atoms with Gasteiger partial charge in [0.2, 0.25) is 0 Å². The number of carbonyl (C=O) groups is 2. The van der Waals surface area contributed by atoms with E-state index in [0.29, 0.717) is 16.5 Å². The molecular weight excluding hydrogens is 482 g/mol. The molecule has 0 aliphatic rings. The molecule has 0 radical (unpaired) electrons. The molecule has 29 heavy (non-hydrogen) atoms. The zero-order chi connectivity index (χ0) is 21.4. The third-order valence-corrected chi connectivity index (χ3v) is 4.52. The minimum Gasteiger partial charge on any atom is -0.483 e. The van der Waals surface area contributed by atoms with Crippen molar-refractivity contribution in [3.05, 3.63) is 57.0 Å². The molecule has 3 N–H and O–H groups in total. The summed E-state index contributed by atoms with van der Waals surface area (Å²) in [5.41, 5.74) is 6.68. The van der Waals surface area contributed by atoms with Crippen molar-refractivity contribution in [3.8, 4) is 11.5 Å². The highest BCUT2D eigenvalue weighted by atomic mass is 79.9. The van der Waals surface area contributed by atoms with Gasteiger partial charge in [-0.25, -0.2) is 0 Å². The first kappa shape index (κ1) is 22.9. The molecule has 2 rings (SSSR count). The van der Waals surface area contributed by atoms with Crippen LogP contribution in [0.2, 0.25) is 5.02 Å². The predicted molar refractivity (Wildman–Crippen MR) is 118 cm³/mol. The highest BCUT2D eigenvalue weighted by molar-refractivity contribution is 9.10. The Hall–Kier alpha value is -2.36. The van der Waals surface area contributed by atoms with Gasteiger partial charge in [0.1, 0.15) is 11.5 Å². The van der Waals surface area contributed by atoms with E-state index in [-0.39, 0.29) is 18.3 Å². The molecule has 0 aromatic heterocycles. The smallest absolute Gasteiger partial charge is 0.276 e. The number of thiocarbonyl (C=S) groups is 1. The first-order chi connectivity index (χ1) is 13.7. The molecule has 7 nitrogen and oxygen atoms in total. The van der Waals surface area contributed by atoms with Crippen molar-refractivity contribution in [2.45, 2.75) is 13.8 Å². The molecule has 0 bridgehead atoms. The van der Waals surface area contributed by atoms with Gasteiger partial charge in [-0.15, -0.1) is 0 Å². The summed E-state index contributed by atoms with van der Waals surface area (Å²) in [5.74, 6) is 0.0170. The molecule has 0 aliphatic heterocycles. The summed E-state index contributed by atoms with van der Waals surface area (Å²) < 4.78 is 11.6. The van der Waals surface area contributed by atoms with E-state index >= 15 is 0 Å². The minimum atomic E-state index is -0.507. The van der Waals surface area contributed by atoms with Gasteiger partial charge in [-0.05, 0) is 61.5 Å². The van der Waals surface area contributed by atoms with Crippen LogP contribution in [0.25, 0.3) is 0 Å². The Labute approximate surface area is 187 Å². The van der Waals surface area contributed by atoms with Crippen LogP contribution in [-0.2, 0) is 9.59 Å². The van der Waals surface area contributed by atoms with E-state index < -0.39 is 11.8 Å². The van der Waals surface area contributed by atoms with Gasteiger partial charge in [0.15, 0.2) is 18.3 Å². The molecule has 0 atom stereocenters. The van der Waals surface area contributed by atoms with E-state index in [1.54, 1.807) is 18.2 Å². The Morgan fingerprint density at radius 1 is 1.00 bits per heavy atom. The van der Waals surface area contributed by atoms with E-state index in [2.05, 4.69) is 32.1 Å². The topological polar surface area (TPSA) is 88.7 Å². The van der Waals surface area contributed by atoms with Gasteiger partial charge in [0.25, 0.3) is 11.8 Å². The van der Waals surface area contributed by atoms with Crippen molar-refractivity contribution < 1.29 is 19.1 Å². The first-order valence-corrected chi connectivity index (χ1v) is 9.99. The molecule has 2 aromatic rings. The van der Waals surface area contributed by atoms with Gasteiger partial charge in [-0.2, -0.15) is 0 Å². The van der Waals surface area contributed by atoms with Crippen LogP contribution in [-0.4, -0.2) is 30.1 Å². The second-order valence-corrected chi connectivity index (χ2v) is 7.70. The lowest BCUT2D eigenvalue weighted by Crippen LogP contribution is -2.50. The summed E-state index contributed by atoms with van der Waals surface area (Å²) in [7, 11) is 0. The summed E-state index contributed by atoms with van der Waals surface area (Å²) in [6, 6.07) is 10.7. The van der Waals surface area contributed by atoms with Crippen LogP contribution in [0.1, 0.15) is 11.1 Å². The summed E-state index contributed by atoms with van der Waals surface area (Å²) in [6.07, 6.45) is 0. The van der Waals surface area contributed by atoms with E-state index in [0.717, 1.165) is 15.6 Å². The summed E-state index contributed by atoms with van der Waals surface area (Å²) in [4.78, 5) is 23.7. The molecule has 2 aromatic carbocycles. The Morgan fingerprint density at radius 3 is 2.41 bits per heavy atom. The maximum atomic E-state index is 11.9. The van der Waals surface area contributed by atoms with Crippen molar-refractivity contribution in [1.29, 1.82) is 0 Å². The van der Waals surface area contributed by atoms with Crippen molar-refractivity contribution in [2.24, 2.45) is 0 Å². The van der Waals surface area contributed by atoms with Crippen molar-refractivity contribution in [2.75, 3.05) is 13.2 Å². The third-order valence-electron chi connectivity index (χ3n) is 3.52. The number of hydrogen-bond donors (Lipinski definition) is 3. The highest BCUT2D eigenvalue weighted by Crippen LogP contribution is 2.27. The lowest BCUT2D eigenvalue weighted by Gasteiger charge is -2.13. The average Bonchev–Trinajstić information content (AvgIpc) is 2.66. The Bertz CT molecular complexity index is 926. The maximum absolute atomic E-state index is 11.9. The van der Waals surface area contributed by atoms with Gasteiger partial charge >= 0.3 is 0 Å². The fourth-order valence-corrected chi connectivity index (χ4v) is 2.99. The lowest BCUT2D eigenvalue weighted by atomic mass is 10.1. The standard InChI is InChI=1S/C19H19BrClN3O4S/c1-11-3-4-12(2)16(7-11)28-9-17(25)22-19(29)24-23-18(26)10-27-15-6-5-13(20)8-14(15)21/h3-8H,9-10H2,1-2H3,(H,23,26)(H2,22,24,25,29). The molecule has 0 saturated heterocycles. The Kier molecular flexibility index (Phi) is 8.69. The summed E-state index contributed by atoms with van der Waals surface area (Å²) in [5, 5.41) is 2.70. The molecule has 10 heteroatoms. The average molecular weight is 501 g/mol. The van der Waals surface area contributed by atoms with Crippen LogP contribution < -0.4 is 25.6 Å². The fourth-order valence-electron chi connectivity index (χ4n) is 2.10. The fraction of sp³-hybridized carbons (Fsp3) is 0.211. The van der Waals surface area contributed by atoms with Crippen molar-refractivity contribution >= 4 is 56.7 Å². The number of nitrogens with one attached hydrogen (secondary N) is 3. The summed E-state index contributed by atoms with van der Waals surface area (Å²) >= 11 is 14.2. The van der Waals surface area contributed by atoms with E-state index in [1.165, 1.54) is 0 Å². The lowest BCUT2D eigenvalue weighted by molar-refractivity contribution is -0.124. The number of amides is 2. The molecule has 154 valence electrons. The summed E-state index contributed by atoms with van der Waals surface area (Å²) in [6.45, 7) is 3.31. The first-order valence-electron chi connectivity index (χ1n) is 8.41. The monoisotopic (exact) mass is 499 g/mol. The molecule has 0 saturated carbocycles. The molecule has 2 amide bonds. The number of hydrogen-bond acceptors (Lipinski definition) is 5. The van der Waals surface area contributed by atoms with Crippen LogP contribution >= 0.6 is 39.7 Å². The van der Waals surface area contributed by atoms with Gasteiger partial charge in [-0.3, -0.25) is 25.8 Å². The number of carbonyl (C=O) groups excluding carboxylic acids is 2. The number of benzene rings is 2. The number of halogens is 2. The van der Waals surface area contributed by atoms with Crippen LogP contribution in [0.4, 0.5) is 0 Å². The van der Waals surface area contributed by atoms with Gasteiger partial charge in [0.05, 0.1) is 5.02 Å². The number of aryl methyl sites for hydroxylation is 2. The zero-order valence-electron chi connectivity index (χ0n) is 15.7. The van der Waals surface area contributed by atoms with Gasteiger partial charge < -0.3 is 9.47 Å². The SMILES string of the molecule is Cc1ccc(C)c(OCC(=O)NC(=S)NNC(=O)COc2ccc(Br)cc2Cl)c1. The largest absolute Gasteiger partial charge is 0.483 e. The van der Waals surface area contributed by atoms with Crippen LogP contribution in [0, 0.1) is 13.8 Å². The predicted octanol–water partition coefficient (Wildman–Crippen LogP) is 3.20. The maximum Gasteiger partial charge on any atom is 0.276 e. The van der Waals surface area contributed by atoms with Crippen LogP contribution in [0.5, 0.6) is 11.5 Å². The minimum absolute atomic E-state index is 0.0745. The second kappa shape index (κ2) is 11.0. The quantitative estimate of drug-likeness (QED) is 0.417. The number of ether oxygens (including phenoxy) is 2. The van der Waals surface area contributed by atoms with Gasteiger partial charge in [-0.1, -0.05) is 39.7 Å². The number of rotatable bonds is 6. The van der Waals surface area contributed by atoms with Crippen molar-refractivity contribution in [3.63, 3.8) is 0 Å². The molecule has 0 aliphatic carbocycles. The highest BCUT2D eigenvalue weighted by Gasteiger charge is 2.10. The number of hydrazine groups is 1. The molecule has 0 heterocycles. The van der Waals surface area contributed by atoms with E-state index in [9.17, 15) is 9.59 Å². The molecule has 0 unspecified atom stereocenters. The Balaban J connectivity index is 1.69. The zero-order valence-corrected chi connectivity index (χ0v) is 18.8. The normalized spacial score (nSPS) is 10.1. The van der Waals surface area contributed by atoms with Gasteiger partial charge in [0, 0.05) is 4.47 Å². The molecular formula is C19H19BrClN3O4S. The van der Waals surface area contributed by atoms with E-state index in [4.69, 9.17) is 33.3 Å². The van der Waals surface area contributed by atoms with Crippen LogP contribution in [0.15, 0.2) is 40.9 Å². The second-order valence-electron chi connectivity index (χ2n) is 5.97. The van der Waals surface area contributed by atoms with Crippen molar-refractivity contribution in [1.82, 2.24) is 16.2 Å². The third kappa shape index (κ3) is 7.88. The molecule has 0 fully saturated rings.